The number of carbonyl (C=O) groups is 1. The van der Waals surface area contributed by atoms with Crippen LogP contribution in [0.2, 0.25) is 10.2 Å². The number of nitrogens with one attached hydrogen (secondary N) is 1. The predicted molar refractivity (Wildman–Crippen MR) is 77.6 cm³/mol. The maximum absolute atomic E-state index is 12.0. The summed E-state index contributed by atoms with van der Waals surface area (Å²) in [6.45, 7) is 0.445. The second-order valence-electron chi connectivity index (χ2n) is 3.55. The van der Waals surface area contributed by atoms with Crippen LogP contribution in [0.5, 0.6) is 0 Å². The largest absolute Gasteiger partial charge is 0.350 e. The molecule has 0 fully saturated rings. The topological polar surface area (TPSA) is 59.8 Å². The smallest absolute Gasteiger partial charge is 0.270 e. The molecule has 8 heteroatoms. The van der Waals surface area contributed by atoms with Crippen LogP contribution in [-0.2, 0) is 0 Å². The molecule has 0 aliphatic carbocycles. The zero-order valence-electron chi connectivity index (χ0n) is 9.68. The fraction of sp³-hybridized carbons (Fsp3) is 0.182. The number of pyridine rings is 1. The van der Waals surface area contributed by atoms with Crippen LogP contribution in [-0.4, -0.2) is 33.0 Å². The van der Waals surface area contributed by atoms with Gasteiger partial charge in [0.15, 0.2) is 11.0 Å². The maximum Gasteiger partial charge on any atom is 0.270 e. The highest BCUT2D eigenvalue weighted by molar-refractivity contribution is 7.80. The molecular formula is C11H10Cl2N4OS. The third-order valence-corrected chi connectivity index (χ3v) is 2.95. The third-order valence-electron chi connectivity index (χ3n) is 2.25. The van der Waals surface area contributed by atoms with Gasteiger partial charge >= 0.3 is 0 Å². The van der Waals surface area contributed by atoms with E-state index >= 15 is 0 Å². The molecule has 0 saturated heterocycles. The fourth-order valence-electron chi connectivity index (χ4n) is 1.47. The summed E-state index contributed by atoms with van der Waals surface area (Å²) in [6.07, 6.45) is 1.56. The van der Waals surface area contributed by atoms with Gasteiger partial charge in [0.1, 0.15) is 5.69 Å². The van der Waals surface area contributed by atoms with Gasteiger partial charge in [0.2, 0.25) is 0 Å². The van der Waals surface area contributed by atoms with Crippen molar-refractivity contribution >= 4 is 41.7 Å². The molecule has 0 aliphatic heterocycles. The minimum Gasteiger partial charge on any atom is -0.350 e. The van der Waals surface area contributed by atoms with Gasteiger partial charge in [-0.3, -0.25) is 4.79 Å². The summed E-state index contributed by atoms with van der Waals surface area (Å²) >= 11 is 15.9. The Bertz CT molecular complexity index is 602. The Kier molecular flexibility index (Phi) is 4.68. The van der Waals surface area contributed by atoms with Gasteiger partial charge in [0.25, 0.3) is 5.91 Å². The van der Waals surface area contributed by atoms with Crippen molar-refractivity contribution in [3.8, 4) is 5.82 Å². The van der Waals surface area contributed by atoms with E-state index in [0.29, 0.717) is 23.1 Å². The molecule has 0 bridgehead atoms. The van der Waals surface area contributed by atoms with Crippen molar-refractivity contribution in [3.63, 3.8) is 0 Å². The molecule has 0 aromatic carbocycles. The molecule has 0 aliphatic rings. The van der Waals surface area contributed by atoms with Crippen molar-refractivity contribution < 1.29 is 4.79 Å². The predicted octanol–water partition coefficient (Wildman–Crippen LogP) is 2.23. The van der Waals surface area contributed by atoms with Crippen molar-refractivity contribution in [2.24, 2.45) is 0 Å². The zero-order valence-corrected chi connectivity index (χ0v) is 12.1. The number of carbonyl (C=O) groups excluding carboxylic acids is 1. The van der Waals surface area contributed by atoms with Crippen LogP contribution in [0.3, 0.4) is 0 Å². The Hall–Kier alpha value is -1.24. The molecule has 1 amide bonds. The number of thiol groups is 1. The molecule has 2 aromatic heterocycles. The highest BCUT2D eigenvalue weighted by Crippen LogP contribution is 2.20. The van der Waals surface area contributed by atoms with E-state index in [1.165, 1.54) is 10.7 Å². The molecule has 0 radical (unpaired) electrons. The molecule has 2 rings (SSSR count). The molecule has 0 atom stereocenters. The Morgan fingerprint density at radius 1 is 1.47 bits per heavy atom. The van der Waals surface area contributed by atoms with Gasteiger partial charge in [0.05, 0.1) is 5.02 Å². The first-order chi connectivity index (χ1) is 9.13. The minimum absolute atomic E-state index is 0.192. The number of amides is 1. The molecule has 5 nitrogen and oxygen atoms in total. The van der Waals surface area contributed by atoms with Crippen molar-refractivity contribution in [1.29, 1.82) is 0 Å². The van der Waals surface area contributed by atoms with Crippen LogP contribution in [0, 0.1) is 0 Å². The van der Waals surface area contributed by atoms with Crippen LogP contribution >= 0.6 is 35.8 Å². The fourth-order valence-corrected chi connectivity index (χ4v) is 1.96. The van der Waals surface area contributed by atoms with Crippen molar-refractivity contribution in [1.82, 2.24) is 20.1 Å². The summed E-state index contributed by atoms with van der Waals surface area (Å²) in [4.78, 5) is 16.1. The summed E-state index contributed by atoms with van der Waals surface area (Å²) in [5.74, 6) is 0.583. The van der Waals surface area contributed by atoms with E-state index < -0.39 is 0 Å². The van der Waals surface area contributed by atoms with E-state index in [4.69, 9.17) is 23.2 Å². The molecule has 0 spiro atoms. The first-order valence-corrected chi connectivity index (χ1v) is 6.78. The van der Waals surface area contributed by atoms with E-state index in [1.807, 2.05) is 0 Å². The first kappa shape index (κ1) is 14.2. The Morgan fingerprint density at radius 2 is 2.26 bits per heavy atom. The highest BCUT2D eigenvalue weighted by atomic mass is 35.5. The molecule has 19 heavy (non-hydrogen) atoms. The molecule has 2 heterocycles. The highest BCUT2D eigenvalue weighted by Gasteiger charge is 2.17. The van der Waals surface area contributed by atoms with Crippen LogP contribution < -0.4 is 5.32 Å². The lowest BCUT2D eigenvalue weighted by Gasteiger charge is -2.07. The standard InChI is InChI=1S/C11H10Cl2N4OS/c12-7-2-1-3-14-10(7)17-8(6-9(13)16-17)11(18)15-4-5-19/h1-3,6,19H,4-5H2,(H,15,18). The van der Waals surface area contributed by atoms with Crippen molar-refractivity contribution in [2.45, 2.75) is 0 Å². The third kappa shape index (κ3) is 3.20. The minimum atomic E-state index is -0.310. The zero-order chi connectivity index (χ0) is 13.8. The number of hydrogen-bond donors (Lipinski definition) is 2. The lowest BCUT2D eigenvalue weighted by atomic mass is 10.4. The normalized spacial score (nSPS) is 10.5. The van der Waals surface area contributed by atoms with Crippen molar-refractivity contribution in [3.05, 3.63) is 40.3 Å². The van der Waals surface area contributed by atoms with Crippen molar-refractivity contribution in [2.75, 3.05) is 12.3 Å². The van der Waals surface area contributed by atoms with Crippen LogP contribution in [0.25, 0.3) is 5.82 Å². The van der Waals surface area contributed by atoms with E-state index in [9.17, 15) is 4.79 Å². The molecule has 100 valence electrons. The number of halogens is 2. The second-order valence-corrected chi connectivity index (χ2v) is 4.79. The van der Waals surface area contributed by atoms with Gasteiger partial charge in [-0.1, -0.05) is 23.2 Å². The lowest BCUT2D eigenvalue weighted by Crippen LogP contribution is -2.27. The Labute approximate surface area is 125 Å². The molecular weight excluding hydrogens is 307 g/mol. The molecule has 2 aromatic rings. The molecule has 1 N–H and O–H groups in total. The molecule has 0 saturated carbocycles. The van der Waals surface area contributed by atoms with E-state index in [1.54, 1.807) is 18.3 Å². The first-order valence-electron chi connectivity index (χ1n) is 5.39. The summed E-state index contributed by atoms with van der Waals surface area (Å²) < 4.78 is 1.32. The van der Waals surface area contributed by atoms with Gasteiger partial charge < -0.3 is 5.32 Å². The molecule has 0 unspecified atom stereocenters. The summed E-state index contributed by atoms with van der Waals surface area (Å²) in [7, 11) is 0. The van der Waals surface area contributed by atoms with Gasteiger partial charge in [-0.2, -0.15) is 17.7 Å². The number of nitrogens with zero attached hydrogens (tertiary/aromatic N) is 3. The summed E-state index contributed by atoms with van der Waals surface area (Å²) in [5, 5.41) is 7.28. The number of hydrogen-bond acceptors (Lipinski definition) is 4. The van der Waals surface area contributed by atoms with Crippen LogP contribution in [0.4, 0.5) is 0 Å². The Morgan fingerprint density at radius 3 is 2.95 bits per heavy atom. The lowest BCUT2D eigenvalue weighted by molar-refractivity contribution is 0.0948. The van der Waals surface area contributed by atoms with Gasteiger partial charge in [-0.15, -0.1) is 0 Å². The SMILES string of the molecule is O=C(NCCS)c1cc(Cl)nn1-c1ncccc1Cl. The summed E-state index contributed by atoms with van der Waals surface area (Å²) in [6, 6.07) is 4.81. The average molecular weight is 317 g/mol. The van der Waals surface area contributed by atoms with Crippen LogP contribution in [0.15, 0.2) is 24.4 Å². The number of rotatable bonds is 4. The summed E-state index contributed by atoms with van der Waals surface area (Å²) in [5.41, 5.74) is 0.271. The van der Waals surface area contributed by atoms with E-state index in [0.717, 1.165) is 0 Å². The quantitative estimate of drug-likeness (QED) is 0.850. The van der Waals surface area contributed by atoms with Gasteiger partial charge in [-0.05, 0) is 12.1 Å². The van der Waals surface area contributed by atoms with Gasteiger partial charge in [-0.25, -0.2) is 9.67 Å². The Balaban J connectivity index is 2.42. The van der Waals surface area contributed by atoms with E-state index in [-0.39, 0.29) is 16.8 Å². The van der Waals surface area contributed by atoms with E-state index in [2.05, 4.69) is 28.0 Å². The van der Waals surface area contributed by atoms with Gasteiger partial charge in [0, 0.05) is 24.6 Å². The van der Waals surface area contributed by atoms with Crippen LogP contribution in [0.1, 0.15) is 10.5 Å². The number of aromatic nitrogens is 3. The average Bonchev–Trinajstić information content (AvgIpc) is 2.78. The second kappa shape index (κ2) is 6.27. The maximum atomic E-state index is 12.0. The monoisotopic (exact) mass is 316 g/mol.